The van der Waals surface area contributed by atoms with Gasteiger partial charge in [-0.15, -0.1) is 0 Å². The summed E-state index contributed by atoms with van der Waals surface area (Å²) in [6.07, 6.45) is 8.12. The standard InChI is InChI=1S/C14H21NO4/c1-9(16)13(14(17)18)15-19-12-7-6-10-4-2-3-5-11(10)8-12/h10-12H,2-8H2,1H3,(H,17,18)/b15-13-. The summed E-state index contributed by atoms with van der Waals surface area (Å²) in [7, 11) is 0. The van der Waals surface area contributed by atoms with Crippen LogP contribution in [0.3, 0.4) is 0 Å². The van der Waals surface area contributed by atoms with Crippen molar-refractivity contribution in [3.8, 4) is 0 Å². The van der Waals surface area contributed by atoms with Gasteiger partial charge in [-0.3, -0.25) is 4.79 Å². The Bertz CT molecular complexity index is 375. The van der Waals surface area contributed by atoms with E-state index in [9.17, 15) is 9.59 Å². The molecule has 0 aromatic rings. The highest BCUT2D eigenvalue weighted by atomic mass is 16.6. The molecule has 19 heavy (non-hydrogen) atoms. The first-order valence-corrected chi connectivity index (χ1v) is 7.06. The second kappa shape index (κ2) is 6.17. The number of nitrogens with zero attached hydrogens (tertiary/aromatic N) is 1. The van der Waals surface area contributed by atoms with Crippen LogP contribution in [0.5, 0.6) is 0 Å². The maximum atomic E-state index is 11.1. The van der Waals surface area contributed by atoms with Crippen molar-refractivity contribution in [2.24, 2.45) is 17.0 Å². The number of Topliss-reactive ketones (excluding diaryl/α,β-unsaturated/α-hetero) is 1. The number of carboxylic acid groups (broad SMARTS) is 1. The molecule has 3 unspecified atom stereocenters. The van der Waals surface area contributed by atoms with Gasteiger partial charge in [-0.05, 0) is 31.1 Å². The summed E-state index contributed by atoms with van der Waals surface area (Å²) in [5, 5.41) is 12.4. The van der Waals surface area contributed by atoms with Gasteiger partial charge < -0.3 is 9.94 Å². The van der Waals surface area contributed by atoms with Crippen LogP contribution >= 0.6 is 0 Å². The Morgan fingerprint density at radius 3 is 2.42 bits per heavy atom. The molecular weight excluding hydrogens is 246 g/mol. The fourth-order valence-electron chi connectivity index (χ4n) is 3.31. The number of carboxylic acids is 1. The third-order valence-electron chi connectivity index (χ3n) is 4.32. The minimum absolute atomic E-state index is 0.0342. The predicted octanol–water partition coefficient (Wildman–Crippen LogP) is 2.39. The topological polar surface area (TPSA) is 76.0 Å². The fraction of sp³-hybridized carbons (Fsp3) is 0.786. The summed E-state index contributed by atoms with van der Waals surface area (Å²) in [6.45, 7) is 1.19. The predicted molar refractivity (Wildman–Crippen MR) is 69.9 cm³/mol. The highest BCUT2D eigenvalue weighted by molar-refractivity contribution is 6.63. The lowest BCUT2D eigenvalue weighted by Crippen LogP contribution is -2.31. The molecule has 0 amide bonds. The Morgan fingerprint density at radius 2 is 1.79 bits per heavy atom. The number of hydrogen-bond donors (Lipinski definition) is 1. The van der Waals surface area contributed by atoms with Crippen LogP contribution in [0.4, 0.5) is 0 Å². The molecule has 0 aromatic heterocycles. The van der Waals surface area contributed by atoms with Crippen molar-refractivity contribution in [1.82, 2.24) is 0 Å². The summed E-state index contributed by atoms with van der Waals surface area (Å²) in [6, 6.07) is 0. The van der Waals surface area contributed by atoms with E-state index >= 15 is 0 Å². The van der Waals surface area contributed by atoms with Crippen molar-refractivity contribution in [1.29, 1.82) is 0 Å². The van der Waals surface area contributed by atoms with E-state index in [2.05, 4.69) is 5.16 Å². The molecule has 0 aromatic carbocycles. The summed E-state index contributed by atoms with van der Waals surface area (Å²) in [5.74, 6) is -0.393. The van der Waals surface area contributed by atoms with Crippen LogP contribution in [0, 0.1) is 11.8 Å². The van der Waals surface area contributed by atoms with E-state index in [0.717, 1.165) is 25.2 Å². The van der Waals surface area contributed by atoms with E-state index in [4.69, 9.17) is 9.94 Å². The summed E-state index contributed by atoms with van der Waals surface area (Å²) in [5.41, 5.74) is -0.509. The monoisotopic (exact) mass is 267 g/mol. The number of ketones is 1. The Balaban J connectivity index is 1.91. The molecule has 2 saturated carbocycles. The molecule has 2 fully saturated rings. The lowest BCUT2D eigenvalue weighted by molar-refractivity contribution is -0.130. The van der Waals surface area contributed by atoms with E-state index in [0.29, 0.717) is 5.92 Å². The van der Waals surface area contributed by atoms with Gasteiger partial charge in [0.15, 0.2) is 5.78 Å². The van der Waals surface area contributed by atoms with Gasteiger partial charge in [-0.2, -0.15) is 0 Å². The van der Waals surface area contributed by atoms with Crippen molar-refractivity contribution in [3.63, 3.8) is 0 Å². The number of oxime groups is 1. The molecule has 0 radical (unpaired) electrons. The Morgan fingerprint density at radius 1 is 1.11 bits per heavy atom. The first kappa shape index (κ1) is 14.0. The maximum Gasteiger partial charge on any atom is 0.361 e. The van der Waals surface area contributed by atoms with Crippen molar-refractivity contribution in [2.45, 2.75) is 58.0 Å². The molecule has 0 bridgehead atoms. The van der Waals surface area contributed by atoms with Gasteiger partial charge in [0.05, 0.1) is 0 Å². The Hall–Kier alpha value is -1.39. The largest absolute Gasteiger partial charge is 0.476 e. The summed E-state index contributed by atoms with van der Waals surface area (Å²) < 4.78 is 0. The summed E-state index contributed by atoms with van der Waals surface area (Å²) in [4.78, 5) is 27.2. The first-order valence-electron chi connectivity index (χ1n) is 7.06. The van der Waals surface area contributed by atoms with Gasteiger partial charge >= 0.3 is 5.97 Å². The van der Waals surface area contributed by atoms with Crippen LogP contribution in [0.1, 0.15) is 51.9 Å². The highest BCUT2D eigenvalue weighted by Crippen LogP contribution is 2.41. The molecule has 3 atom stereocenters. The molecule has 0 spiro atoms. The molecule has 1 N–H and O–H groups in total. The number of fused-ring (bicyclic) bond motifs is 1. The number of hydrogen-bond acceptors (Lipinski definition) is 4. The molecule has 2 aliphatic carbocycles. The van der Waals surface area contributed by atoms with Gasteiger partial charge in [0.1, 0.15) is 6.10 Å². The highest BCUT2D eigenvalue weighted by Gasteiger charge is 2.33. The molecule has 106 valence electrons. The molecule has 0 heterocycles. The van der Waals surface area contributed by atoms with E-state index in [1.807, 2.05) is 0 Å². The van der Waals surface area contributed by atoms with E-state index in [1.165, 1.54) is 32.6 Å². The zero-order chi connectivity index (χ0) is 13.8. The van der Waals surface area contributed by atoms with Gasteiger partial charge in [0.25, 0.3) is 0 Å². The second-order valence-corrected chi connectivity index (χ2v) is 5.65. The average molecular weight is 267 g/mol. The molecule has 2 aliphatic rings. The molecule has 2 rings (SSSR count). The number of carbonyl (C=O) groups excluding carboxylic acids is 1. The van der Waals surface area contributed by atoms with E-state index in [1.54, 1.807) is 0 Å². The Labute approximate surface area is 113 Å². The van der Waals surface area contributed by atoms with Crippen molar-refractivity contribution >= 4 is 17.5 Å². The summed E-state index contributed by atoms with van der Waals surface area (Å²) >= 11 is 0. The lowest BCUT2D eigenvalue weighted by Gasteiger charge is -2.38. The van der Waals surface area contributed by atoms with Gasteiger partial charge in [0, 0.05) is 6.92 Å². The molecule has 5 heteroatoms. The quantitative estimate of drug-likeness (QED) is 0.482. The third kappa shape index (κ3) is 3.55. The van der Waals surface area contributed by atoms with Crippen LogP contribution in [-0.4, -0.2) is 28.7 Å². The maximum absolute atomic E-state index is 11.1. The van der Waals surface area contributed by atoms with Crippen LogP contribution in [0.15, 0.2) is 5.16 Å². The zero-order valence-electron chi connectivity index (χ0n) is 11.3. The van der Waals surface area contributed by atoms with Crippen molar-refractivity contribution in [2.75, 3.05) is 0 Å². The minimum Gasteiger partial charge on any atom is -0.476 e. The number of aliphatic carboxylic acids is 1. The molecule has 0 saturated heterocycles. The van der Waals surface area contributed by atoms with Gasteiger partial charge in [0.2, 0.25) is 5.71 Å². The van der Waals surface area contributed by atoms with Crippen LogP contribution in [0.2, 0.25) is 0 Å². The molecule has 5 nitrogen and oxygen atoms in total. The first-order chi connectivity index (χ1) is 9.08. The van der Waals surface area contributed by atoms with Crippen molar-refractivity contribution in [3.05, 3.63) is 0 Å². The molecule has 0 aliphatic heterocycles. The zero-order valence-corrected chi connectivity index (χ0v) is 11.3. The molecular formula is C14H21NO4. The van der Waals surface area contributed by atoms with E-state index < -0.39 is 17.5 Å². The minimum atomic E-state index is -1.32. The SMILES string of the molecule is CC(=O)/C(=N/OC1CCC2CCCCC2C1)C(=O)O. The number of rotatable bonds is 4. The van der Waals surface area contributed by atoms with Gasteiger partial charge in [-0.1, -0.05) is 30.8 Å². The third-order valence-corrected chi connectivity index (χ3v) is 4.32. The van der Waals surface area contributed by atoms with Crippen LogP contribution in [-0.2, 0) is 14.4 Å². The normalized spacial score (nSPS) is 31.4. The average Bonchev–Trinajstić information content (AvgIpc) is 2.38. The van der Waals surface area contributed by atoms with Crippen LogP contribution in [0.25, 0.3) is 0 Å². The number of carbonyl (C=O) groups is 2. The van der Waals surface area contributed by atoms with Gasteiger partial charge in [-0.25, -0.2) is 4.79 Å². The Kier molecular flexibility index (Phi) is 4.56. The fourth-order valence-corrected chi connectivity index (χ4v) is 3.31. The lowest BCUT2D eigenvalue weighted by atomic mass is 9.70. The van der Waals surface area contributed by atoms with Crippen LogP contribution < -0.4 is 0 Å². The van der Waals surface area contributed by atoms with Crippen molar-refractivity contribution < 1.29 is 19.5 Å². The second-order valence-electron chi connectivity index (χ2n) is 5.65. The smallest absolute Gasteiger partial charge is 0.361 e. The van der Waals surface area contributed by atoms with E-state index in [-0.39, 0.29) is 6.10 Å².